The molecule has 6 heteroatoms. The summed E-state index contributed by atoms with van der Waals surface area (Å²) in [5.41, 5.74) is 1.49. The molecule has 4 rings (SSSR count). The first-order chi connectivity index (χ1) is 15.1. The van der Waals surface area contributed by atoms with E-state index < -0.39 is 0 Å². The lowest BCUT2D eigenvalue weighted by Gasteiger charge is -2.32. The zero-order valence-corrected chi connectivity index (χ0v) is 18.1. The fourth-order valence-corrected chi connectivity index (χ4v) is 3.94. The molecule has 1 aromatic heterocycles. The van der Waals surface area contributed by atoms with E-state index in [9.17, 15) is 4.79 Å². The minimum atomic E-state index is -0.220. The van der Waals surface area contributed by atoms with E-state index in [0.717, 1.165) is 35.6 Å². The number of para-hydroxylation sites is 1. The molecule has 1 aliphatic heterocycles. The van der Waals surface area contributed by atoms with Gasteiger partial charge in [-0.1, -0.05) is 19.1 Å². The number of anilines is 2. The van der Waals surface area contributed by atoms with Gasteiger partial charge in [0.25, 0.3) is 5.91 Å². The molecular weight excluding hydrogens is 390 g/mol. The molecule has 3 aromatic rings. The van der Waals surface area contributed by atoms with Gasteiger partial charge in [0, 0.05) is 24.2 Å². The van der Waals surface area contributed by atoms with Gasteiger partial charge >= 0.3 is 0 Å². The number of rotatable bonds is 7. The van der Waals surface area contributed by atoms with E-state index in [1.54, 1.807) is 0 Å². The number of amides is 1. The van der Waals surface area contributed by atoms with Gasteiger partial charge < -0.3 is 19.7 Å². The van der Waals surface area contributed by atoms with E-state index >= 15 is 0 Å². The average molecular weight is 420 g/mol. The van der Waals surface area contributed by atoms with Crippen LogP contribution in [0.4, 0.5) is 11.5 Å². The van der Waals surface area contributed by atoms with Gasteiger partial charge in [-0.05, 0) is 68.1 Å². The quantitative estimate of drug-likeness (QED) is 0.591. The number of hydrogen-bond acceptors (Lipinski definition) is 5. The maximum absolute atomic E-state index is 12.4. The molecular formula is C25H29N3O3. The Hall–Kier alpha value is -3.28. The summed E-state index contributed by atoms with van der Waals surface area (Å²) in [5, 5.41) is 3.85. The van der Waals surface area contributed by atoms with Gasteiger partial charge in [0.1, 0.15) is 22.8 Å². The van der Waals surface area contributed by atoms with Crippen LogP contribution in [0, 0.1) is 5.92 Å². The molecule has 0 unspecified atom stereocenters. The molecule has 1 fully saturated rings. The first-order valence-electron chi connectivity index (χ1n) is 10.9. The molecule has 1 saturated heterocycles. The Bertz CT molecular complexity index is 1040. The Morgan fingerprint density at radius 2 is 1.97 bits per heavy atom. The number of pyridine rings is 1. The Morgan fingerprint density at radius 1 is 1.13 bits per heavy atom. The summed E-state index contributed by atoms with van der Waals surface area (Å²) in [7, 11) is 0. The van der Waals surface area contributed by atoms with Crippen molar-refractivity contribution in [3.8, 4) is 11.5 Å². The maximum Gasteiger partial charge on any atom is 0.262 e. The zero-order valence-electron chi connectivity index (χ0n) is 18.1. The van der Waals surface area contributed by atoms with Crippen LogP contribution >= 0.6 is 0 Å². The van der Waals surface area contributed by atoms with Gasteiger partial charge in [0.15, 0.2) is 6.61 Å². The molecule has 2 aromatic carbocycles. The average Bonchev–Trinajstić information content (AvgIpc) is 2.79. The second-order valence-electron chi connectivity index (χ2n) is 7.98. The van der Waals surface area contributed by atoms with E-state index in [-0.39, 0.29) is 12.5 Å². The van der Waals surface area contributed by atoms with Crippen LogP contribution in [0.25, 0.3) is 10.9 Å². The number of carbonyl (C=O) groups is 1. The summed E-state index contributed by atoms with van der Waals surface area (Å²) in [6.45, 7) is 6.79. The molecule has 31 heavy (non-hydrogen) atoms. The molecule has 2 heterocycles. The number of piperidine rings is 1. The van der Waals surface area contributed by atoms with Crippen LogP contribution in [-0.4, -0.2) is 37.2 Å². The summed E-state index contributed by atoms with van der Waals surface area (Å²) in [5.74, 6) is 2.81. The highest BCUT2D eigenvalue weighted by Gasteiger charge is 2.18. The largest absolute Gasteiger partial charge is 0.494 e. The fraction of sp³-hybridized carbons (Fsp3) is 0.360. The minimum absolute atomic E-state index is 0.0843. The predicted octanol–water partition coefficient (Wildman–Crippen LogP) is 4.89. The highest BCUT2D eigenvalue weighted by atomic mass is 16.5. The summed E-state index contributed by atoms with van der Waals surface area (Å²) >= 11 is 0. The summed E-state index contributed by atoms with van der Waals surface area (Å²) in [4.78, 5) is 19.6. The third-order valence-corrected chi connectivity index (χ3v) is 5.46. The van der Waals surface area contributed by atoms with Crippen LogP contribution in [0.3, 0.4) is 0 Å². The van der Waals surface area contributed by atoms with Crippen molar-refractivity contribution in [1.29, 1.82) is 0 Å². The number of fused-ring (bicyclic) bond motifs is 1. The monoisotopic (exact) mass is 419 g/mol. The van der Waals surface area contributed by atoms with Crippen molar-refractivity contribution in [3.05, 3.63) is 54.6 Å². The third-order valence-electron chi connectivity index (χ3n) is 5.46. The molecule has 0 bridgehead atoms. The van der Waals surface area contributed by atoms with Crippen LogP contribution in [0.5, 0.6) is 11.5 Å². The van der Waals surface area contributed by atoms with Crippen molar-refractivity contribution in [1.82, 2.24) is 4.98 Å². The molecule has 0 saturated carbocycles. The topological polar surface area (TPSA) is 63.7 Å². The van der Waals surface area contributed by atoms with Gasteiger partial charge in [0.05, 0.1) is 6.61 Å². The summed E-state index contributed by atoms with van der Waals surface area (Å²) in [6.07, 6.45) is 2.45. The van der Waals surface area contributed by atoms with Crippen molar-refractivity contribution in [2.24, 2.45) is 5.92 Å². The van der Waals surface area contributed by atoms with E-state index in [0.29, 0.717) is 24.0 Å². The second-order valence-corrected chi connectivity index (χ2v) is 7.98. The minimum Gasteiger partial charge on any atom is -0.494 e. The normalized spacial score (nSPS) is 16.2. The van der Waals surface area contributed by atoms with E-state index in [4.69, 9.17) is 14.5 Å². The van der Waals surface area contributed by atoms with Crippen molar-refractivity contribution in [2.75, 3.05) is 36.5 Å². The van der Waals surface area contributed by atoms with Gasteiger partial charge in [-0.3, -0.25) is 4.79 Å². The fourth-order valence-electron chi connectivity index (χ4n) is 3.94. The molecule has 6 nitrogen and oxygen atoms in total. The van der Waals surface area contributed by atoms with Gasteiger partial charge in [-0.25, -0.2) is 4.98 Å². The smallest absolute Gasteiger partial charge is 0.262 e. The molecule has 0 radical (unpaired) electrons. The number of nitrogens with zero attached hydrogens (tertiary/aromatic N) is 2. The van der Waals surface area contributed by atoms with Crippen LogP contribution in [0.1, 0.15) is 26.7 Å². The Morgan fingerprint density at radius 3 is 2.74 bits per heavy atom. The number of carbonyl (C=O) groups excluding carboxylic acids is 1. The van der Waals surface area contributed by atoms with Crippen molar-refractivity contribution < 1.29 is 14.3 Å². The lowest BCUT2D eigenvalue weighted by atomic mass is 10.0. The standard InChI is InChI=1S/C25H29N3O3/c1-3-30-21-12-10-20(11-13-21)26-24(29)17-31-22-8-4-7-19-9-14-23(27-25(19)22)28-15-5-6-18(2)16-28/h4,7-14,18H,3,5-6,15-17H2,1-2H3,(H,26,29)/t18-/m0/s1. The van der Waals surface area contributed by atoms with Gasteiger partial charge in [-0.15, -0.1) is 0 Å². The maximum atomic E-state index is 12.4. The number of aromatic nitrogens is 1. The molecule has 1 N–H and O–H groups in total. The highest BCUT2D eigenvalue weighted by molar-refractivity contribution is 5.92. The lowest BCUT2D eigenvalue weighted by Crippen LogP contribution is -2.34. The van der Waals surface area contributed by atoms with E-state index in [2.05, 4.69) is 29.3 Å². The molecule has 162 valence electrons. The molecule has 0 aliphatic carbocycles. The molecule has 1 aliphatic rings. The van der Waals surface area contributed by atoms with Crippen molar-refractivity contribution in [3.63, 3.8) is 0 Å². The van der Waals surface area contributed by atoms with Gasteiger partial charge in [-0.2, -0.15) is 0 Å². The Balaban J connectivity index is 1.43. The van der Waals surface area contributed by atoms with E-state index in [1.165, 1.54) is 12.8 Å². The number of ether oxygens (including phenoxy) is 2. The van der Waals surface area contributed by atoms with Crippen LogP contribution in [0.15, 0.2) is 54.6 Å². The predicted molar refractivity (Wildman–Crippen MR) is 124 cm³/mol. The Labute approximate surface area is 183 Å². The first-order valence-corrected chi connectivity index (χ1v) is 10.9. The first kappa shape index (κ1) is 21.0. The molecule has 1 atom stereocenters. The zero-order chi connectivity index (χ0) is 21.6. The van der Waals surface area contributed by atoms with Crippen LogP contribution in [0.2, 0.25) is 0 Å². The number of benzene rings is 2. The number of nitrogens with one attached hydrogen (secondary N) is 1. The lowest BCUT2D eigenvalue weighted by molar-refractivity contribution is -0.118. The van der Waals surface area contributed by atoms with Crippen LogP contribution in [-0.2, 0) is 4.79 Å². The SMILES string of the molecule is CCOc1ccc(NC(=O)COc2cccc3ccc(N4CCC[C@H](C)C4)nc23)cc1. The summed E-state index contributed by atoms with van der Waals surface area (Å²) < 4.78 is 11.3. The highest BCUT2D eigenvalue weighted by Crippen LogP contribution is 2.28. The summed E-state index contributed by atoms with van der Waals surface area (Å²) in [6, 6.07) is 17.2. The third kappa shape index (κ3) is 5.26. The van der Waals surface area contributed by atoms with Crippen molar-refractivity contribution >= 4 is 28.3 Å². The van der Waals surface area contributed by atoms with Crippen molar-refractivity contribution in [2.45, 2.75) is 26.7 Å². The van der Waals surface area contributed by atoms with Crippen LogP contribution < -0.4 is 19.7 Å². The Kier molecular flexibility index (Phi) is 6.55. The molecule has 1 amide bonds. The second kappa shape index (κ2) is 9.69. The number of hydrogen-bond donors (Lipinski definition) is 1. The molecule has 0 spiro atoms. The van der Waals surface area contributed by atoms with Gasteiger partial charge in [0.2, 0.25) is 0 Å². The van der Waals surface area contributed by atoms with E-state index in [1.807, 2.05) is 49.4 Å².